The Morgan fingerprint density at radius 2 is 1.42 bits per heavy atom. The largest absolute Gasteiger partial charge is 0.508 e. The van der Waals surface area contributed by atoms with Crippen molar-refractivity contribution in [1.29, 1.82) is 0 Å². The van der Waals surface area contributed by atoms with Crippen molar-refractivity contribution in [2.75, 3.05) is 0 Å². The Hall–Kier alpha value is -0.995. The van der Waals surface area contributed by atoms with Crippen LogP contribution in [0.4, 0.5) is 0 Å². The summed E-state index contributed by atoms with van der Waals surface area (Å²) in [6.07, 6.45) is 7.02. The van der Waals surface area contributed by atoms with Gasteiger partial charge in [0.05, 0.1) is 11.2 Å². The van der Waals surface area contributed by atoms with Gasteiger partial charge in [0.2, 0.25) is 0 Å². The molecule has 0 atom stereocenters. The Balaban J connectivity index is 0.00000324. The average Bonchev–Trinajstić information content (AvgIpc) is 2.48. The van der Waals surface area contributed by atoms with Crippen LogP contribution in [0, 0.1) is 0 Å². The molecule has 19 heavy (non-hydrogen) atoms. The van der Waals surface area contributed by atoms with Gasteiger partial charge in [0, 0.05) is 0 Å². The lowest BCUT2D eigenvalue weighted by Crippen LogP contribution is -2.41. The lowest BCUT2D eigenvalue weighted by Gasteiger charge is -2.32. The molecule has 0 aromatic rings. The molecular formula is C15H27BO3. The fourth-order valence-electron chi connectivity index (χ4n) is 1.57. The predicted octanol–water partition coefficient (Wildman–Crippen LogP) is 4.22. The predicted molar refractivity (Wildman–Crippen MR) is 82.1 cm³/mol. The van der Waals surface area contributed by atoms with E-state index in [2.05, 4.69) is 0 Å². The van der Waals surface area contributed by atoms with Gasteiger partial charge in [0.1, 0.15) is 5.76 Å². The van der Waals surface area contributed by atoms with Crippen LogP contribution in [0.25, 0.3) is 0 Å². The van der Waals surface area contributed by atoms with E-state index in [1.165, 1.54) is 0 Å². The Kier molecular flexibility index (Phi) is 6.10. The van der Waals surface area contributed by atoms with Gasteiger partial charge in [0.25, 0.3) is 0 Å². The van der Waals surface area contributed by atoms with E-state index in [1.54, 1.807) is 19.1 Å². The molecule has 0 aliphatic carbocycles. The van der Waals surface area contributed by atoms with Gasteiger partial charge in [-0.25, -0.2) is 0 Å². The SMILES string of the molecule is C.C\C=C(/C=C\C(O)=C/C)B1OC(C)(C)C(C)(C)O1. The molecule has 0 bridgehead atoms. The molecule has 0 radical (unpaired) electrons. The van der Waals surface area contributed by atoms with Crippen molar-refractivity contribution in [3.8, 4) is 0 Å². The van der Waals surface area contributed by atoms with Crippen LogP contribution in [-0.4, -0.2) is 23.4 Å². The first-order valence-corrected chi connectivity index (χ1v) is 6.28. The molecular weight excluding hydrogens is 239 g/mol. The zero-order valence-corrected chi connectivity index (χ0v) is 12.2. The Bertz CT molecular complexity index is 376. The Morgan fingerprint density at radius 1 is 0.947 bits per heavy atom. The van der Waals surface area contributed by atoms with Crippen molar-refractivity contribution >= 4 is 7.12 Å². The van der Waals surface area contributed by atoms with Crippen LogP contribution < -0.4 is 0 Å². The molecule has 0 spiro atoms. The van der Waals surface area contributed by atoms with E-state index in [9.17, 15) is 5.11 Å². The molecule has 0 amide bonds. The van der Waals surface area contributed by atoms with Crippen molar-refractivity contribution in [3.05, 3.63) is 35.5 Å². The second-order valence-corrected chi connectivity index (χ2v) is 5.42. The first-order valence-electron chi connectivity index (χ1n) is 6.28. The van der Waals surface area contributed by atoms with E-state index in [0.717, 1.165) is 5.47 Å². The van der Waals surface area contributed by atoms with Crippen LogP contribution in [0.2, 0.25) is 0 Å². The third-order valence-corrected chi connectivity index (χ3v) is 3.60. The first kappa shape index (κ1) is 18.0. The summed E-state index contributed by atoms with van der Waals surface area (Å²) in [6, 6.07) is 0. The number of hydrogen-bond acceptors (Lipinski definition) is 3. The monoisotopic (exact) mass is 266 g/mol. The van der Waals surface area contributed by atoms with Crippen LogP contribution in [0.15, 0.2) is 35.5 Å². The van der Waals surface area contributed by atoms with Crippen LogP contribution in [0.3, 0.4) is 0 Å². The molecule has 0 aromatic carbocycles. The first-order chi connectivity index (χ1) is 8.23. The normalized spacial score (nSPS) is 22.7. The summed E-state index contributed by atoms with van der Waals surface area (Å²) < 4.78 is 11.9. The van der Waals surface area contributed by atoms with Gasteiger partial charge in [-0.3, -0.25) is 0 Å². The average molecular weight is 266 g/mol. The molecule has 3 nitrogen and oxygen atoms in total. The molecule has 1 heterocycles. The van der Waals surface area contributed by atoms with E-state index >= 15 is 0 Å². The van der Waals surface area contributed by atoms with E-state index < -0.39 is 0 Å². The van der Waals surface area contributed by atoms with Crippen molar-refractivity contribution in [2.45, 2.75) is 60.2 Å². The van der Waals surface area contributed by atoms with Crippen LogP contribution in [0.5, 0.6) is 0 Å². The van der Waals surface area contributed by atoms with E-state index in [1.807, 2.05) is 46.8 Å². The third-order valence-electron chi connectivity index (χ3n) is 3.60. The number of rotatable bonds is 3. The maximum absolute atomic E-state index is 9.42. The van der Waals surface area contributed by atoms with Gasteiger partial charge in [-0.05, 0) is 59.2 Å². The van der Waals surface area contributed by atoms with Gasteiger partial charge in [-0.15, -0.1) is 0 Å². The molecule has 1 aliphatic rings. The molecule has 1 saturated heterocycles. The molecule has 4 heteroatoms. The quantitative estimate of drug-likeness (QED) is 0.472. The van der Waals surface area contributed by atoms with Crippen molar-refractivity contribution in [2.24, 2.45) is 0 Å². The second kappa shape index (κ2) is 6.44. The summed E-state index contributed by atoms with van der Waals surface area (Å²) >= 11 is 0. The molecule has 0 unspecified atom stereocenters. The number of aliphatic hydroxyl groups is 1. The fourth-order valence-corrected chi connectivity index (χ4v) is 1.57. The highest BCUT2D eigenvalue weighted by atomic mass is 16.7. The minimum absolute atomic E-state index is 0. The van der Waals surface area contributed by atoms with Gasteiger partial charge in [-0.2, -0.15) is 0 Å². The van der Waals surface area contributed by atoms with Gasteiger partial charge in [0.15, 0.2) is 0 Å². The maximum Gasteiger partial charge on any atom is 0.494 e. The minimum Gasteiger partial charge on any atom is -0.508 e. The summed E-state index contributed by atoms with van der Waals surface area (Å²) in [7, 11) is -0.388. The number of allylic oxidation sites excluding steroid dienone is 5. The smallest absolute Gasteiger partial charge is 0.494 e. The summed E-state index contributed by atoms with van der Waals surface area (Å²) in [5.41, 5.74) is 0.215. The highest BCUT2D eigenvalue weighted by Gasteiger charge is 2.51. The molecule has 1 aliphatic heterocycles. The lowest BCUT2D eigenvalue weighted by atomic mass is 9.77. The van der Waals surface area contributed by atoms with Crippen LogP contribution in [-0.2, 0) is 9.31 Å². The lowest BCUT2D eigenvalue weighted by molar-refractivity contribution is 0.00578. The summed E-state index contributed by atoms with van der Waals surface area (Å²) in [4.78, 5) is 0. The summed E-state index contributed by atoms with van der Waals surface area (Å²) in [6.45, 7) is 11.8. The summed E-state index contributed by atoms with van der Waals surface area (Å²) in [5, 5.41) is 9.42. The van der Waals surface area contributed by atoms with Crippen LogP contribution in [0.1, 0.15) is 49.0 Å². The molecule has 1 rings (SSSR count). The third kappa shape index (κ3) is 3.98. The molecule has 1 fully saturated rings. The topological polar surface area (TPSA) is 38.7 Å². The highest BCUT2D eigenvalue weighted by Crippen LogP contribution is 2.38. The summed E-state index contributed by atoms with van der Waals surface area (Å²) in [5.74, 6) is 0.228. The zero-order chi connectivity index (χ0) is 14.0. The molecule has 0 saturated carbocycles. The fraction of sp³-hybridized carbons (Fsp3) is 0.600. The molecule has 1 N–H and O–H groups in total. The van der Waals surface area contributed by atoms with E-state index in [0.29, 0.717) is 0 Å². The van der Waals surface area contributed by atoms with Gasteiger partial charge in [-0.1, -0.05) is 19.6 Å². The zero-order valence-electron chi connectivity index (χ0n) is 12.2. The molecule has 108 valence electrons. The second-order valence-electron chi connectivity index (χ2n) is 5.42. The Morgan fingerprint density at radius 3 is 1.79 bits per heavy atom. The van der Waals surface area contributed by atoms with E-state index in [4.69, 9.17) is 9.31 Å². The Labute approximate surface area is 118 Å². The molecule has 0 aromatic heterocycles. The highest BCUT2D eigenvalue weighted by molar-refractivity contribution is 6.55. The number of aliphatic hydroxyl groups excluding tert-OH is 1. The van der Waals surface area contributed by atoms with Crippen LogP contribution >= 0.6 is 0 Å². The van der Waals surface area contributed by atoms with Crippen molar-refractivity contribution in [3.63, 3.8) is 0 Å². The van der Waals surface area contributed by atoms with Crippen molar-refractivity contribution < 1.29 is 14.4 Å². The van der Waals surface area contributed by atoms with E-state index in [-0.39, 0.29) is 31.5 Å². The van der Waals surface area contributed by atoms with Crippen molar-refractivity contribution in [1.82, 2.24) is 0 Å². The number of hydrogen-bond donors (Lipinski definition) is 1. The van der Waals surface area contributed by atoms with Gasteiger partial charge < -0.3 is 14.4 Å². The maximum atomic E-state index is 9.42. The minimum atomic E-state index is -0.388. The van der Waals surface area contributed by atoms with Gasteiger partial charge >= 0.3 is 7.12 Å². The standard InChI is InChI=1S/C14H23BO3.CH4/c1-7-11(9-10-12(16)8-2)15-17-13(3,4)14(5,6)18-15;/h7-10,16H,1-6H3;1H4/b10-9-,11-7+,12-8+;.